The Kier molecular flexibility index (Phi) is 5.25. The van der Waals surface area contributed by atoms with Gasteiger partial charge in [0.2, 0.25) is 0 Å². The highest BCUT2D eigenvalue weighted by atomic mass is 16.6. The lowest BCUT2D eigenvalue weighted by Crippen LogP contribution is -2.22. The lowest BCUT2D eigenvalue weighted by atomic mass is 10.1. The standard InChI is InChI=1S/C12H18N4O3/c1-13-6-7-14-10-5-4-9(12(17)15(2)3)8-11(10)16(18)19/h4-5,8,13-14H,6-7H2,1-3H3. The predicted molar refractivity (Wildman–Crippen MR) is 73.5 cm³/mol. The molecule has 1 aromatic carbocycles. The number of amides is 1. The molecule has 1 amide bonds. The molecule has 0 radical (unpaired) electrons. The summed E-state index contributed by atoms with van der Waals surface area (Å²) in [5.41, 5.74) is 0.621. The molecular weight excluding hydrogens is 248 g/mol. The summed E-state index contributed by atoms with van der Waals surface area (Å²) in [4.78, 5) is 23.7. The van der Waals surface area contributed by atoms with Gasteiger partial charge in [0.1, 0.15) is 5.69 Å². The van der Waals surface area contributed by atoms with Gasteiger partial charge in [-0.3, -0.25) is 14.9 Å². The number of hydrogen-bond acceptors (Lipinski definition) is 5. The van der Waals surface area contributed by atoms with Crippen molar-refractivity contribution in [3.05, 3.63) is 33.9 Å². The molecule has 7 heteroatoms. The molecule has 0 spiro atoms. The van der Waals surface area contributed by atoms with Gasteiger partial charge in [0, 0.05) is 38.8 Å². The molecule has 0 fully saturated rings. The summed E-state index contributed by atoms with van der Waals surface area (Å²) >= 11 is 0. The molecule has 19 heavy (non-hydrogen) atoms. The Labute approximate surface area is 111 Å². The molecule has 0 aliphatic carbocycles. The minimum absolute atomic E-state index is 0.0937. The fraction of sp³-hybridized carbons (Fsp3) is 0.417. The van der Waals surface area contributed by atoms with E-state index in [4.69, 9.17) is 0 Å². The summed E-state index contributed by atoms with van der Waals surface area (Å²) in [7, 11) is 5.01. The van der Waals surface area contributed by atoms with E-state index >= 15 is 0 Å². The van der Waals surface area contributed by atoms with Crippen LogP contribution < -0.4 is 10.6 Å². The van der Waals surface area contributed by atoms with Crippen LogP contribution in [-0.4, -0.2) is 50.0 Å². The summed E-state index contributed by atoms with van der Waals surface area (Å²) in [5.74, 6) is -0.259. The van der Waals surface area contributed by atoms with Crippen molar-refractivity contribution in [1.82, 2.24) is 10.2 Å². The summed E-state index contributed by atoms with van der Waals surface area (Å²) in [6.45, 7) is 1.26. The van der Waals surface area contributed by atoms with E-state index < -0.39 is 4.92 Å². The van der Waals surface area contributed by atoms with E-state index in [0.717, 1.165) is 0 Å². The van der Waals surface area contributed by atoms with Crippen molar-refractivity contribution in [2.75, 3.05) is 39.5 Å². The number of nitrogens with one attached hydrogen (secondary N) is 2. The van der Waals surface area contributed by atoms with Crippen LogP contribution in [0, 0.1) is 10.1 Å². The van der Waals surface area contributed by atoms with E-state index in [1.54, 1.807) is 33.3 Å². The Balaban J connectivity index is 3.01. The zero-order chi connectivity index (χ0) is 14.4. The van der Waals surface area contributed by atoms with Crippen LogP contribution in [0.2, 0.25) is 0 Å². The van der Waals surface area contributed by atoms with Gasteiger partial charge in [-0.2, -0.15) is 0 Å². The van der Waals surface area contributed by atoms with Gasteiger partial charge in [0.05, 0.1) is 4.92 Å². The third kappa shape index (κ3) is 3.92. The summed E-state index contributed by atoms with van der Waals surface area (Å²) < 4.78 is 0. The molecule has 1 aromatic rings. The molecule has 0 saturated carbocycles. The number of hydrogen-bond donors (Lipinski definition) is 2. The molecule has 0 bridgehead atoms. The zero-order valence-corrected chi connectivity index (χ0v) is 11.3. The Morgan fingerprint density at radius 1 is 1.37 bits per heavy atom. The van der Waals surface area contributed by atoms with Gasteiger partial charge in [-0.25, -0.2) is 0 Å². The van der Waals surface area contributed by atoms with Crippen LogP contribution in [0.3, 0.4) is 0 Å². The van der Waals surface area contributed by atoms with Crippen molar-refractivity contribution < 1.29 is 9.72 Å². The van der Waals surface area contributed by atoms with Gasteiger partial charge in [0.25, 0.3) is 11.6 Å². The van der Waals surface area contributed by atoms with Crippen molar-refractivity contribution in [2.45, 2.75) is 0 Å². The maximum Gasteiger partial charge on any atom is 0.293 e. The third-order valence-electron chi connectivity index (χ3n) is 2.54. The van der Waals surface area contributed by atoms with Crippen LogP contribution in [0.4, 0.5) is 11.4 Å². The average Bonchev–Trinajstić information content (AvgIpc) is 2.38. The number of carbonyl (C=O) groups excluding carboxylic acids is 1. The molecule has 0 aliphatic rings. The Morgan fingerprint density at radius 3 is 2.58 bits per heavy atom. The molecule has 0 aromatic heterocycles. The minimum Gasteiger partial charge on any atom is -0.378 e. The first-order chi connectivity index (χ1) is 8.97. The van der Waals surface area contributed by atoms with Crippen molar-refractivity contribution in [2.24, 2.45) is 0 Å². The summed E-state index contributed by atoms with van der Waals surface area (Å²) in [6.07, 6.45) is 0. The van der Waals surface area contributed by atoms with Crippen molar-refractivity contribution in [1.29, 1.82) is 0 Å². The van der Waals surface area contributed by atoms with E-state index in [2.05, 4.69) is 10.6 Å². The number of nitrogens with zero attached hydrogens (tertiary/aromatic N) is 2. The molecule has 0 aliphatic heterocycles. The van der Waals surface area contributed by atoms with Gasteiger partial charge in [0.15, 0.2) is 0 Å². The first-order valence-electron chi connectivity index (χ1n) is 5.86. The first kappa shape index (κ1) is 14.9. The van der Waals surface area contributed by atoms with Crippen LogP contribution >= 0.6 is 0 Å². The second-order valence-corrected chi connectivity index (χ2v) is 4.22. The molecule has 7 nitrogen and oxygen atoms in total. The van der Waals surface area contributed by atoms with E-state index in [9.17, 15) is 14.9 Å². The van der Waals surface area contributed by atoms with Crippen LogP contribution in [0.1, 0.15) is 10.4 Å². The quantitative estimate of drug-likeness (QED) is 0.454. The zero-order valence-electron chi connectivity index (χ0n) is 11.3. The number of carbonyl (C=O) groups is 1. The number of likely N-dealkylation sites (N-methyl/N-ethyl adjacent to an activating group) is 1. The van der Waals surface area contributed by atoms with Gasteiger partial charge >= 0.3 is 0 Å². The summed E-state index contributed by atoms with van der Waals surface area (Å²) in [5, 5.41) is 16.9. The topological polar surface area (TPSA) is 87.5 Å². The fourth-order valence-corrected chi connectivity index (χ4v) is 1.55. The van der Waals surface area contributed by atoms with Gasteiger partial charge in [-0.15, -0.1) is 0 Å². The Bertz CT molecular complexity index is 474. The predicted octanol–water partition coefficient (Wildman–Crippen LogP) is 0.928. The first-order valence-corrected chi connectivity index (χ1v) is 5.86. The number of nitro groups is 1. The minimum atomic E-state index is -0.492. The van der Waals surface area contributed by atoms with E-state index in [1.807, 2.05) is 0 Å². The Hall–Kier alpha value is -2.15. The molecule has 1 rings (SSSR count). The molecule has 0 saturated heterocycles. The highest BCUT2D eigenvalue weighted by Gasteiger charge is 2.18. The maximum atomic E-state index is 11.8. The number of benzene rings is 1. The second-order valence-electron chi connectivity index (χ2n) is 4.22. The van der Waals surface area contributed by atoms with Gasteiger partial charge < -0.3 is 15.5 Å². The molecular formula is C12H18N4O3. The van der Waals surface area contributed by atoms with Crippen LogP contribution in [0.5, 0.6) is 0 Å². The number of rotatable bonds is 6. The van der Waals surface area contributed by atoms with Crippen molar-refractivity contribution >= 4 is 17.3 Å². The lowest BCUT2D eigenvalue weighted by molar-refractivity contribution is -0.384. The van der Waals surface area contributed by atoms with Crippen LogP contribution in [0.25, 0.3) is 0 Å². The normalized spacial score (nSPS) is 10.1. The van der Waals surface area contributed by atoms with E-state index in [1.165, 1.54) is 11.0 Å². The van der Waals surface area contributed by atoms with E-state index in [-0.39, 0.29) is 11.6 Å². The molecule has 104 valence electrons. The summed E-state index contributed by atoms with van der Waals surface area (Å²) in [6, 6.07) is 4.44. The maximum absolute atomic E-state index is 11.8. The average molecular weight is 266 g/mol. The van der Waals surface area contributed by atoms with Crippen molar-refractivity contribution in [3.63, 3.8) is 0 Å². The smallest absolute Gasteiger partial charge is 0.293 e. The number of anilines is 1. The highest BCUT2D eigenvalue weighted by Crippen LogP contribution is 2.25. The van der Waals surface area contributed by atoms with Gasteiger partial charge in [-0.1, -0.05) is 0 Å². The molecule has 0 atom stereocenters. The van der Waals surface area contributed by atoms with Crippen LogP contribution in [0.15, 0.2) is 18.2 Å². The molecule has 0 heterocycles. The molecule has 2 N–H and O–H groups in total. The lowest BCUT2D eigenvalue weighted by Gasteiger charge is -2.11. The monoisotopic (exact) mass is 266 g/mol. The largest absolute Gasteiger partial charge is 0.378 e. The third-order valence-corrected chi connectivity index (χ3v) is 2.54. The van der Waals surface area contributed by atoms with Crippen LogP contribution in [-0.2, 0) is 0 Å². The molecule has 0 unspecified atom stereocenters. The highest BCUT2D eigenvalue weighted by molar-refractivity contribution is 5.95. The van der Waals surface area contributed by atoms with E-state index in [0.29, 0.717) is 24.3 Å². The SMILES string of the molecule is CNCCNc1ccc(C(=O)N(C)C)cc1[N+](=O)[O-]. The van der Waals surface area contributed by atoms with Crippen molar-refractivity contribution in [3.8, 4) is 0 Å². The van der Waals surface area contributed by atoms with Gasteiger partial charge in [-0.05, 0) is 19.2 Å². The Morgan fingerprint density at radius 2 is 2.05 bits per heavy atom. The second kappa shape index (κ2) is 6.69. The fourth-order valence-electron chi connectivity index (χ4n) is 1.55. The number of nitro benzene ring substituents is 1.